The summed E-state index contributed by atoms with van der Waals surface area (Å²) in [5, 5.41) is 0.105. The molecule has 1 aliphatic rings. The predicted octanol–water partition coefficient (Wildman–Crippen LogP) is 5.13. The highest BCUT2D eigenvalue weighted by atomic mass is 79.9. The predicted molar refractivity (Wildman–Crippen MR) is 131 cm³/mol. The van der Waals surface area contributed by atoms with Crippen LogP contribution >= 0.6 is 50.5 Å². The van der Waals surface area contributed by atoms with E-state index in [4.69, 9.17) is 23.2 Å². The van der Waals surface area contributed by atoms with Crippen molar-refractivity contribution in [3.05, 3.63) is 79.1 Å². The Hall–Kier alpha value is -2.04. The molecular formula is C22H14BrCl2NO5S2. The summed E-state index contributed by atoms with van der Waals surface area (Å²) in [6.45, 7) is 0. The number of halogens is 3. The van der Waals surface area contributed by atoms with Gasteiger partial charge in [-0.05, 0) is 47.5 Å². The molecule has 0 atom stereocenters. The normalized spacial score (nSPS) is 13.8. The minimum absolute atomic E-state index is 0.0308. The molecule has 0 saturated heterocycles. The third kappa shape index (κ3) is 5.07. The number of Topliss-reactive ketones (excluding diaryl/α,β-unsaturated/α-hetero) is 1. The summed E-state index contributed by atoms with van der Waals surface area (Å²) in [4.78, 5) is 39.1. The van der Waals surface area contributed by atoms with Crippen LogP contribution in [0.2, 0.25) is 9.36 Å². The Bertz CT molecular complexity index is 1420. The quantitative estimate of drug-likeness (QED) is 0.374. The summed E-state index contributed by atoms with van der Waals surface area (Å²) >= 11 is 16.4. The number of ketones is 1. The molecule has 11 heteroatoms. The standard InChI is InChI=1S/C22H14BrCl2NO5S2/c23-14-3-2-13-9-20(28)26(22(29)16(13)10-14)18-4-1-12(8-17(18)24)7-15(27)11-33(30,31)21-6-5-19(25)32-21/h1-6,8,10H,7,9,11H2. The van der Waals surface area contributed by atoms with Gasteiger partial charge in [-0.3, -0.25) is 14.4 Å². The van der Waals surface area contributed by atoms with E-state index < -0.39 is 33.2 Å². The first-order chi connectivity index (χ1) is 15.5. The molecule has 33 heavy (non-hydrogen) atoms. The monoisotopic (exact) mass is 585 g/mol. The lowest BCUT2D eigenvalue weighted by molar-refractivity contribution is -0.118. The van der Waals surface area contributed by atoms with Gasteiger partial charge in [-0.1, -0.05) is 51.3 Å². The van der Waals surface area contributed by atoms with Gasteiger partial charge in [-0.2, -0.15) is 0 Å². The molecule has 0 aliphatic carbocycles. The molecule has 0 N–H and O–H groups in total. The lowest BCUT2D eigenvalue weighted by Crippen LogP contribution is -2.42. The number of thiophene rings is 1. The number of anilines is 1. The zero-order valence-corrected chi connectivity index (χ0v) is 21.4. The van der Waals surface area contributed by atoms with Crippen LogP contribution in [0.25, 0.3) is 0 Å². The average molecular weight is 587 g/mol. The molecule has 0 spiro atoms. The smallest absolute Gasteiger partial charge is 0.265 e. The number of carbonyl (C=O) groups excluding carboxylic acids is 3. The molecule has 2 aromatic carbocycles. The van der Waals surface area contributed by atoms with Crippen molar-refractivity contribution in [3.63, 3.8) is 0 Å². The van der Waals surface area contributed by atoms with Crippen LogP contribution in [0.15, 0.2) is 57.2 Å². The molecule has 1 aromatic heterocycles. The Morgan fingerprint density at radius 2 is 1.82 bits per heavy atom. The van der Waals surface area contributed by atoms with Crippen LogP contribution in [0.5, 0.6) is 0 Å². The molecule has 0 radical (unpaired) electrons. The fraction of sp³-hybridized carbons (Fsp3) is 0.136. The van der Waals surface area contributed by atoms with E-state index in [0.717, 1.165) is 16.2 Å². The summed E-state index contributed by atoms with van der Waals surface area (Å²) < 4.78 is 25.8. The van der Waals surface area contributed by atoms with Crippen LogP contribution in [0, 0.1) is 0 Å². The van der Waals surface area contributed by atoms with Gasteiger partial charge in [-0.15, -0.1) is 11.3 Å². The SMILES string of the molecule is O=C(Cc1ccc(N2C(=O)Cc3ccc(Br)cc3C2=O)c(Cl)c1)CS(=O)(=O)c1ccc(Cl)s1. The van der Waals surface area contributed by atoms with E-state index >= 15 is 0 Å². The minimum Gasteiger partial charge on any atom is -0.298 e. The van der Waals surface area contributed by atoms with Crippen molar-refractivity contribution in [1.82, 2.24) is 0 Å². The largest absolute Gasteiger partial charge is 0.298 e. The number of fused-ring (bicyclic) bond motifs is 1. The van der Waals surface area contributed by atoms with E-state index in [1.54, 1.807) is 24.3 Å². The highest BCUT2D eigenvalue weighted by Gasteiger charge is 2.33. The molecule has 0 fully saturated rings. The maximum Gasteiger partial charge on any atom is 0.265 e. The van der Waals surface area contributed by atoms with E-state index in [1.807, 2.05) is 0 Å². The first-order valence-corrected chi connectivity index (χ1v) is 13.5. The van der Waals surface area contributed by atoms with Gasteiger partial charge in [-0.25, -0.2) is 13.3 Å². The highest BCUT2D eigenvalue weighted by Crippen LogP contribution is 2.33. The van der Waals surface area contributed by atoms with Crippen LogP contribution in [0.1, 0.15) is 21.5 Å². The van der Waals surface area contributed by atoms with E-state index in [9.17, 15) is 22.8 Å². The molecule has 0 unspecified atom stereocenters. The van der Waals surface area contributed by atoms with E-state index in [-0.39, 0.29) is 27.8 Å². The summed E-state index contributed by atoms with van der Waals surface area (Å²) in [5.41, 5.74) is 1.71. The number of rotatable bonds is 6. The van der Waals surface area contributed by atoms with Crippen molar-refractivity contribution in [3.8, 4) is 0 Å². The maximum absolute atomic E-state index is 13.0. The van der Waals surface area contributed by atoms with E-state index in [0.29, 0.717) is 25.5 Å². The number of hydrogen-bond acceptors (Lipinski definition) is 6. The molecule has 1 aliphatic heterocycles. The first kappa shape index (κ1) is 24.1. The first-order valence-electron chi connectivity index (χ1n) is 9.49. The Labute approximate surface area is 212 Å². The fourth-order valence-electron chi connectivity index (χ4n) is 3.49. The van der Waals surface area contributed by atoms with Crippen molar-refractivity contribution in [2.24, 2.45) is 0 Å². The average Bonchev–Trinajstić information content (AvgIpc) is 3.17. The third-order valence-corrected chi connectivity index (χ3v) is 9.24. The molecule has 6 nitrogen and oxygen atoms in total. The Kier molecular flexibility index (Phi) is 6.80. The lowest BCUT2D eigenvalue weighted by atomic mass is 9.97. The van der Waals surface area contributed by atoms with Gasteiger partial charge in [0.15, 0.2) is 15.6 Å². The molecule has 0 bridgehead atoms. The van der Waals surface area contributed by atoms with Crippen molar-refractivity contribution in [1.29, 1.82) is 0 Å². The summed E-state index contributed by atoms with van der Waals surface area (Å²) in [5.74, 6) is -2.10. The van der Waals surface area contributed by atoms with Gasteiger partial charge < -0.3 is 0 Å². The van der Waals surface area contributed by atoms with Crippen molar-refractivity contribution in [2.45, 2.75) is 17.1 Å². The number of benzene rings is 2. The van der Waals surface area contributed by atoms with Crippen molar-refractivity contribution < 1.29 is 22.8 Å². The van der Waals surface area contributed by atoms with Crippen LogP contribution in [0.4, 0.5) is 5.69 Å². The summed E-state index contributed by atoms with van der Waals surface area (Å²) in [6, 6.07) is 12.5. The van der Waals surface area contributed by atoms with Gasteiger partial charge in [0.2, 0.25) is 5.91 Å². The molecule has 2 amide bonds. The van der Waals surface area contributed by atoms with Gasteiger partial charge in [0.05, 0.1) is 21.5 Å². The molecule has 0 saturated carbocycles. The summed E-state index contributed by atoms with van der Waals surface area (Å²) in [7, 11) is -3.79. The Balaban J connectivity index is 1.53. The third-order valence-electron chi connectivity index (χ3n) is 4.96. The number of nitrogens with zero attached hydrogens (tertiary/aromatic N) is 1. The number of carbonyl (C=O) groups is 3. The van der Waals surface area contributed by atoms with E-state index in [2.05, 4.69) is 15.9 Å². The molecular weight excluding hydrogens is 573 g/mol. The number of amides is 2. The molecule has 4 rings (SSSR count). The van der Waals surface area contributed by atoms with Crippen molar-refractivity contribution >= 4 is 83.6 Å². The molecule has 2 heterocycles. The van der Waals surface area contributed by atoms with Crippen LogP contribution in [-0.4, -0.2) is 31.8 Å². The topological polar surface area (TPSA) is 88.6 Å². The van der Waals surface area contributed by atoms with Gasteiger partial charge in [0.25, 0.3) is 5.91 Å². The number of sulfone groups is 1. The lowest BCUT2D eigenvalue weighted by Gasteiger charge is -2.27. The van der Waals surface area contributed by atoms with Crippen LogP contribution < -0.4 is 4.90 Å². The van der Waals surface area contributed by atoms with Gasteiger partial charge >= 0.3 is 0 Å². The van der Waals surface area contributed by atoms with Crippen LogP contribution in [-0.2, 0) is 32.3 Å². The Morgan fingerprint density at radius 3 is 2.48 bits per heavy atom. The van der Waals surface area contributed by atoms with E-state index in [1.165, 1.54) is 24.3 Å². The molecule has 3 aromatic rings. The minimum atomic E-state index is -3.79. The number of hydrogen-bond donors (Lipinski definition) is 0. The second-order valence-corrected chi connectivity index (χ2v) is 12.6. The molecule has 170 valence electrons. The zero-order valence-electron chi connectivity index (χ0n) is 16.7. The fourth-order valence-corrected chi connectivity index (χ4v) is 6.95. The second-order valence-electron chi connectivity index (χ2n) is 7.33. The van der Waals surface area contributed by atoms with Crippen LogP contribution in [0.3, 0.4) is 0 Å². The second kappa shape index (κ2) is 9.31. The van der Waals surface area contributed by atoms with Gasteiger partial charge in [0, 0.05) is 16.5 Å². The Morgan fingerprint density at radius 1 is 1.06 bits per heavy atom. The maximum atomic E-state index is 13.0. The van der Waals surface area contributed by atoms with Crippen molar-refractivity contribution in [2.75, 3.05) is 10.7 Å². The number of imide groups is 1. The highest BCUT2D eigenvalue weighted by molar-refractivity contribution is 9.10. The summed E-state index contributed by atoms with van der Waals surface area (Å²) in [6.07, 6.45) is -0.120. The zero-order chi connectivity index (χ0) is 23.9. The van der Waals surface area contributed by atoms with Gasteiger partial charge in [0.1, 0.15) is 9.96 Å².